The van der Waals surface area contributed by atoms with Gasteiger partial charge in [0.25, 0.3) is 0 Å². The minimum atomic E-state index is -4.43. The molecule has 0 bridgehead atoms. The molecule has 1 heterocycles. The first-order chi connectivity index (χ1) is 9.25. The van der Waals surface area contributed by atoms with Gasteiger partial charge in [0.05, 0.1) is 5.56 Å². The van der Waals surface area contributed by atoms with Crippen molar-refractivity contribution in [1.82, 2.24) is 4.98 Å². The third-order valence-corrected chi connectivity index (χ3v) is 3.90. The van der Waals surface area contributed by atoms with Gasteiger partial charge in [-0.25, -0.2) is 4.98 Å². The van der Waals surface area contributed by atoms with Crippen LogP contribution in [-0.2, 0) is 6.18 Å². The van der Waals surface area contributed by atoms with E-state index in [-0.39, 0.29) is 10.2 Å². The van der Waals surface area contributed by atoms with Crippen molar-refractivity contribution in [2.75, 3.05) is 0 Å². The number of hydrogen-bond acceptors (Lipinski definition) is 2. The number of pyridine rings is 1. The molecule has 0 radical (unpaired) electrons. The van der Waals surface area contributed by atoms with Crippen LogP contribution in [0.2, 0.25) is 5.15 Å². The van der Waals surface area contributed by atoms with Crippen molar-refractivity contribution in [3.05, 3.63) is 52.2 Å². The van der Waals surface area contributed by atoms with E-state index in [4.69, 9.17) is 11.6 Å². The van der Waals surface area contributed by atoms with Crippen LogP contribution in [0, 0.1) is 13.8 Å². The van der Waals surface area contributed by atoms with Crippen LogP contribution in [0.3, 0.4) is 0 Å². The number of rotatable bonds is 2. The molecule has 0 amide bonds. The molecule has 0 aliphatic carbocycles. The van der Waals surface area contributed by atoms with Crippen LogP contribution in [0.1, 0.15) is 16.7 Å². The summed E-state index contributed by atoms with van der Waals surface area (Å²) in [6, 6.07) is 7.52. The van der Waals surface area contributed by atoms with Crippen molar-refractivity contribution in [3.63, 3.8) is 0 Å². The molecule has 0 N–H and O–H groups in total. The third-order valence-electron chi connectivity index (χ3n) is 2.80. The zero-order chi connectivity index (χ0) is 14.9. The van der Waals surface area contributed by atoms with Crippen molar-refractivity contribution in [2.45, 2.75) is 29.9 Å². The zero-order valence-electron chi connectivity index (χ0n) is 10.8. The highest BCUT2D eigenvalue weighted by molar-refractivity contribution is 7.99. The van der Waals surface area contributed by atoms with Crippen LogP contribution in [0.25, 0.3) is 0 Å². The zero-order valence-corrected chi connectivity index (χ0v) is 12.3. The van der Waals surface area contributed by atoms with Gasteiger partial charge in [0.15, 0.2) is 0 Å². The van der Waals surface area contributed by atoms with Gasteiger partial charge in [0, 0.05) is 4.90 Å². The normalized spacial score (nSPS) is 11.7. The fourth-order valence-corrected chi connectivity index (χ4v) is 2.79. The number of benzene rings is 1. The van der Waals surface area contributed by atoms with E-state index in [1.165, 1.54) is 0 Å². The molecule has 0 fully saturated rings. The van der Waals surface area contributed by atoms with Crippen LogP contribution >= 0.6 is 23.4 Å². The molecule has 0 saturated heterocycles. The summed E-state index contributed by atoms with van der Waals surface area (Å²) in [6.45, 7) is 3.93. The van der Waals surface area contributed by atoms with Gasteiger partial charge in [-0.1, -0.05) is 29.4 Å². The molecule has 0 unspecified atom stereocenters. The Morgan fingerprint density at radius 1 is 1.05 bits per heavy atom. The highest BCUT2D eigenvalue weighted by Gasteiger charge is 2.31. The van der Waals surface area contributed by atoms with Crippen molar-refractivity contribution in [1.29, 1.82) is 0 Å². The molecule has 2 aromatic rings. The maximum atomic E-state index is 12.7. The predicted octanol–water partition coefficient (Wildman–Crippen LogP) is 5.52. The lowest BCUT2D eigenvalue weighted by molar-refractivity contribution is -0.137. The van der Waals surface area contributed by atoms with Crippen molar-refractivity contribution < 1.29 is 13.2 Å². The van der Waals surface area contributed by atoms with E-state index in [1.807, 2.05) is 32.0 Å². The molecular formula is C14H11ClF3NS. The molecule has 0 atom stereocenters. The number of aromatic nitrogens is 1. The highest BCUT2D eigenvalue weighted by atomic mass is 35.5. The minimum absolute atomic E-state index is 0.161. The summed E-state index contributed by atoms with van der Waals surface area (Å²) in [5.41, 5.74) is 1.42. The fourth-order valence-electron chi connectivity index (χ4n) is 1.59. The number of hydrogen-bond donors (Lipinski definition) is 0. The van der Waals surface area contributed by atoms with E-state index in [9.17, 15) is 13.2 Å². The van der Waals surface area contributed by atoms with Gasteiger partial charge in [0.2, 0.25) is 0 Å². The van der Waals surface area contributed by atoms with Crippen LogP contribution in [-0.4, -0.2) is 4.98 Å². The van der Waals surface area contributed by atoms with E-state index in [0.717, 1.165) is 39.9 Å². The van der Waals surface area contributed by atoms with Gasteiger partial charge in [0.1, 0.15) is 10.2 Å². The van der Waals surface area contributed by atoms with Crippen LogP contribution < -0.4 is 0 Å². The maximum absolute atomic E-state index is 12.7. The second-order valence-electron chi connectivity index (χ2n) is 4.36. The van der Waals surface area contributed by atoms with E-state index in [1.54, 1.807) is 0 Å². The molecule has 2 rings (SSSR count). The third kappa shape index (κ3) is 3.67. The van der Waals surface area contributed by atoms with Gasteiger partial charge >= 0.3 is 6.18 Å². The number of halogens is 4. The molecule has 1 aromatic carbocycles. The molecule has 0 aliphatic rings. The molecule has 6 heteroatoms. The van der Waals surface area contributed by atoms with Crippen LogP contribution in [0.4, 0.5) is 13.2 Å². The monoisotopic (exact) mass is 317 g/mol. The molecule has 0 spiro atoms. The standard InChI is InChI=1S/C14H11ClF3NS/c1-8-3-4-11(5-9(8)2)20-13-7-10(14(16,17)18)6-12(15)19-13/h3-7H,1-2H3. The summed E-state index contributed by atoms with van der Waals surface area (Å²) in [4.78, 5) is 4.75. The van der Waals surface area contributed by atoms with E-state index in [2.05, 4.69) is 4.98 Å². The highest BCUT2D eigenvalue weighted by Crippen LogP contribution is 2.35. The average Bonchev–Trinajstić information content (AvgIpc) is 2.32. The van der Waals surface area contributed by atoms with Gasteiger partial charge < -0.3 is 0 Å². The lowest BCUT2D eigenvalue weighted by Gasteiger charge is -2.09. The lowest BCUT2D eigenvalue weighted by Crippen LogP contribution is -2.05. The first-order valence-electron chi connectivity index (χ1n) is 5.75. The molecular weight excluding hydrogens is 307 g/mol. The summed E-state index contributed by atoms with van der Waals surface area (Å²) >= 11 is 6.81. The summed E-state index contributed by atoms with van der Waals surface area (Å²) in [5.74, 6) is 0. The van der Waals surface area contributed by atoms with Crippen LogP contribution in [0.5, 0.6) is 0 Å². The van der Waals surface area contributed by atoms with Gasteiger partial charge in [-0.2, -0.15) is 13.2 Å². The maximum Gasteiger partial charge on any atom is 0.416 e. The molecule has 0 aliphatic heterocycles. The average molecular weight is 318 g/mol. The Morgan fingerprint density at radius 2 is 1.75 bits per heavy atom. The molecule has 0 saturated carbocycles. The number of aryl methyl sites for hydroxylation is 2. The topological polar surface area (TPSA) is 12.9 Å². The Balaban J connectivity index is 2.33. The molecule has 106 valence electrons. The largest absolute Gasteiger partial charge is 0.416 e. The molecule has 20 heavy (non-hydrogen) atoms. The predicted molar refractivity (Wildman–Crippen MR) is 74.3 cm³/mol. The fraction of sp³-hybridized carbons (Fsp3) is 0.214. The summed E-state index contributed by atoms with van der Waals surface area (Å²) < 4.78 is 38.1. The number of alkyl halides is 3. The van der Waals surface area contributed by atoms with E-state index >= 15 is 0 Å². The van der Waals surface area contributed by atoms with E-state index < -0.39 is 11.7 Å². The van der Waals surface area contributed by atoms with E-state index in [0.29, 0.717) is 0 Å². The van der Waals surface area contributed by atoms with Gasteiger partial charge in [-0.05, 0) is 49.2 Å². The minimum Gasteiger partial charge on any atom is -0.229 e. The Bertz CT molecular complexity index is 641. The van der Waals surface area contributed by atoms with Crippen molar-refractivity contribution in [2.24, 2.45) is 0 Å². The first kappa shape index (κ1) is 15.2. The summed E-state index contributed by atoms with van der Waals surface area (Å²) in [5, 5.41) is 0.0687. The smallest absolute Gasteiger partial charge is 0.229 e. The molecule has 1 nitrogen and oxygen atoms in total. The Labute approximate surface area is 124 Å². The van der Waals surface area contributed by atoms with Crippen molar-refractivity contribution >= 4 is 23.4 Å². The summed E-state index contributed by atoms with van der Waals surface area (Å²) in [7, 11) is 0. The Kier molecular flexibility index (Phi) is 4.30. The second kappa shape index (κ2) is 5.66. The Morgan fingerprint density at radius 3 is 2.35 bits per heavy atom. The second-order valence-corrected chi connectivity index (χ2v) is 5.84. The quantitative estimate of drug-likeness (QED) is 0.676. The van der Waals surface area contributed by atoms with Gasteiger partial charge in [-0.3, -0.25) is 0 Å². The Hall–Kier alpha value is -1.20. The van der Waals surface area contributed by atoms with Gasteiger partial charge in [-0.15, -0.1) is 0 Å². The SMILES string of the molecule is Cc1ccc(Sc2cc(C(F)(F)F)cc(Cl)n2)cc1C. The lowest BCUT2D eigenvalue weighted by atomic mass is 10.1. The molecule has 1 aromatic heterocycles. The van der Waals surface area contributed by atoms with Crippen LogP contribution in [0.15, 0.2) is 40.3 Å². The van der Waals surface area contributed by atoms with Crippen molar-refractivity contribution in [3.8, 4) is 0 Å². The summed E-state index contributed by atoms with van der Waals surface area (Å²) in [6.07, 6.45) is -4.43. The first-order valence-corrected chi connectivity index (χ1v) is 6.95. The number of nitrogens with zero attached hydrogens (tertiary/aromatic N) is 1.